The highest BCUT2D eigenvalue weighted by Crippen LogP contribution is 2.30. The molecule has 0 bridgehead atoms. The van der Waals surface area contributed by atoms with Crippen LogP contribution in [0, 0.1) is 17.2 Å². The molecule has 1 fully saturated rings. The van der Waals surface area contributed by atoms with E-state index in [1.54, 1.807) is 6.07 Å². The molecule has 2 heterocycles. The van der Waals surface area contributed by atoms with Crippen LogP contribution in [0.25, 0.3) is 0 Å². The van der Waals surface area contributed by atoms with Crippen LogP contribution in [-0.2, 0) is 6.18 Å². The van der Waals surface area contributed by atoms with Crippen molar-refractivity contribution >= 4 is 0 Å². The van der Waals surface area contributed by atoms with Gasteiger partial charge in [-0.3, -0.25) is 0 Å². The first kappa shape index (κ1) is 14.6. The van der Waals surface area contributed by atoms with E-state index in [0.717, 1.165) is 38.1 Å². The first-order chi connectivity index (χ1) is 9.50. The quantitative estimate of drug-likeness (QED) is 0.926. The van der Waals surface area contributed by atoms with E-state index in [4.69, 9.17) is 10.00 Å². The summed E-state index contributed by atoms with van der Waals surface area (Å²) in [6.07, 6.45) is -2.73. The molecule has 20 heavy (non-hydrogen) atoms. The minimum absolute atomic E-state index is 0.0203. The summed E-state index contributed by atoms with van der Waals surface area (Å²) in [5.41, 5.74) is -1.02. The van der Waals surface area contributed by atoms with Crippen LogP contribution in [0.5, 0.6) is 5.88 Å². The lowest BCUT2D eigenvalue weighted by Crippen LogP contribution is -2.30. The lowest BCUT2D eigenvalue weighted by atomic mass is 9.99. The number of ether oxygens (including phenoxy) is 1. The number of hydrogen-bond acceptors (Lipinski definition) is 4. The zero-order valence-electron chi connectivity index (χ0n) is 10.7. The van der Waals surface area contributed by atoms with Gasteiger partial charge in [0.15, 0.2) is 0 Å². The van der Waals surface area contributed by atoms with Gasteiger partial charge in [-0.1, -0.05) is 0 Å². The van der Waals surface area contributed by atoms with Gasteiger partial charge in [-0.15, -0.1) is 0 Å². The number of rotatable bonds is 3. The molecule has 0 unspecified atom stereocenters. The number of pyridine rings is 1. The van der Waals surface area contributed by atoms with E-state index in [-0.39, 0.29) is 24.0 Å². The fraction of sp³-hybridized carbons (Fsp3) is 0.538. The predicted molar refractivity (Wildman–Crippen MR) is 65.0 cm³/mol. The Morgan fingerprint density at radius 2 is 2.05 bits per heavy atom. The van der Waals surface area contributed by atoms with E-state index in [1.165, 1.54) is 0 Å². The fourth-order valence-electron chi connectivity index (χ4n) is 2.04. The number of hydrogen-bond donors (Lipinski definition) is 1. The Bertz CT molecular complexity index is 505. The Kier molecular flexibility index (Phi) is 4.45. The molecule has 0 amide bonds. The maximum Gasteiger partial charge on any atom is 0.433 e. The normalized spacial score (nSPS) is 16.7. The zero-order valence-corrected chi connectivity index (χ0v) is 10.7. The number of alkyl halides is 3. The first-order valence-corrected chi connectivity index (χ1v) is 6.32. The number of nitrogens with one attached hydrogen (secondary N) is 1. The van der Waals surface area contributed by atoms with Crippen molar-refractivity contribution in [2.75, 3.05) is 19.7 Å². The molecule has 2 rings (SSSR count). The van der Waals surface area contributed by atoms with E-state index in [2.05, 4.69) is 10.3 Å². The average Bonchev–Trinajstić information content (AvgIpc) is 2.45. The van der Waals surface area contributed by atoms with Crippen molar-refractivity contribution in [2.45, 2.75) is 19.0 Å². The molecule has 0 aromatic carbocycles. The van der Waals surface area contributed by atoms with Gasteiger partial charge in [0.1, 0.15) is 17.3 Å². The van der Waals surface area contributed by atoms with Crippen LogP contribution in [0.1, 0.15) is 24.1 Å². The van der Waals surface area contributed by atoms with E-state index < -0.39 is 11.9 Å². The molecule has 4 nitrogen and oxygen atoms in total. The Balaban J connectivity index is 2.10. The number of halogens is 3. The molecule has 0 atom stereocenters. The lowest BCUT2D eigenvalue weighted by molar-refractivity contribution is -0.141. The number of nitrogens with zero attached hydrogens (tertiary/aromatic N) is 2. The van der Waals surface area contributed by atoms with E-state index in [0.29, 0.717) is 0 Å². The third-order valence-corrected chi connectivity index (χ3v) is 3.19. The molecule has 0 spiro atoms. The predicted octanol–water partition coefficient (Wildman–Crippen LogP) is 2.35. The monoisotopic (exact) mass is 285 g/mol. The topological polar surface area (TPSA) is 57.9 Å². The molecule has 1 aliphatic rings. The molecular formula is C13H14F3N3O. The second-order valence-corrected chi connectivity index (χ2v) is 4.66. The van der Waals surface area contributed by atoms with Gasteiger partial charge in [-0.05, 0) is 44.0 Å². The van der Waals surface area contributed by atoms with E-state index in [1.807, 2.05) is 0 Å². The third-order valence-electron chi connectivity index (χ3n) is 3.19. The Morgan fingerprint density at radius 3 is 2.65 bits per heavy atom. The molecule has 7 heteroatoms. The standard InChI is InChI=1S/C13H14F3N3O/c14-13(15,16)11-2-1-10(7-17)12(19-11)20-8-9-3-5-18-6-4-9/h1-2,9,18H,3-6,8H2. The van der Waals surface area contributed by atoms with Crippen LogP contribution in [0.4, 0.5) is 13.2 Å². The summed E-state index contributed by atoms with van der Waals surface area (Å²) in [7, 11) is 0. The second-order valence-electron chi connectivity index (χ2n) is 4.66. The van der Waals surface area contributed by atoms with Crippen molar-refractivity contribution in [1.29, 1.82) is 5.26 Å². The van der Waals surface area contributed by atoms with Crippen LogP contribution in [0.3, 0.4) is 0 Å². The van der Waals surface area contributed by atoms with Gasteiger partial charge in [0, 0.05) is 0 Å². The van der Waals surface area contributed by atoms with Gasteiger partial charge >= 0.3 is 6.18 Å². The van der Waals surface area contributed by atoms with Crippen molar-refractivity contribution in [3.8, 4) is 11.9 Å². The summed E-state index contributed by atoms with van der Waals surface area (Å²) in [5, 5.41) is 12.1. The number of nitriles is 1. The molecule has 0 aliphatic carbocycles. The number of aromatic nitrogens is 1. The van der Waals surface area contributed by atoms with Crippen LogP contribution in [-0.4, -0.2) is 24.7 Å². The highest BCUT2D eigenvalue weighted by molar-refractivity contribution is 5.39. The van der Waals surface area contributed by atoms with Gasteiger partial charge in [-0.2, -0.15) is 18.4 Å². The molecule has 1 N–H and O–H groups in total. The summed E-state index contributed by atoms with van der Waals surface area (Å²) < 4.78 is 43.1. The van der Waals surface area contributed by atoms with Gasteiger partial charge in [-0.25, -0.2) is 4.98 Å². The summed E-state index contributed by atoms with van der Waals surface area (Å²) in [6.45, 7) is 2.02. The summed E-state index contributed by atoms with van der Waals surface area (Å²) in [6, 6.07) is 3.67. The Hall–Kier alpha value is -1.81. The maximum atomic E-state index is 12.6. The maximum absolute atomic E-state index is 12.6. The van der Waals surface area contributed by atoms with Crippen LogP contribution in [0.15, 0.2) is 12.1 Å². The fourth-order valence-corrected chi connectivity index (χ4v) is 2.04. The Labute approximate surface area is 114 Å². The minimum Gasteiger partial charge on any atom is -0.476 e. The SMILES string of the molecule is N#Cc1ccc(C(F)(F)F)nc1OCC1CCNCC1. The van der Waals surface area contributed by atoms with Crippen molar-refractivity contribution < 1.29 is 17.9 Å². The van der Waals surface area contributed by atoms with Gasteiger partial charge in [0.05, 0.1) is 6.61 Å². The van der Waals surface area contributed by atoms with Crippen molar-refractivity contribution in [1.82, 2.24) is 10.3 Å². The number of piperidine rings is 1. The average molecular weight is 285 g/mol. The van der Waals surface area contributed by atoms with Crippen molar-refractivity contribution in [3.63, 3.8) is 0 Å². The lowest BCUT2D eigenvalue weighted by Gasteiger charge is -2.22. The molecule has 0 saturated carbocycles. The molecule has 1 aromatic heterocycles. The van der Waals surface area contributed by atoms with Gasteiger partial charge < -0.3 is 10.1 Å². The summed E-state index contributed by atoms with van der Waals surface area (Å²) in [5.74, 6) is 0.0417. The zero-order chi connectivity index (χ0) is 14.6. The Morgan fingerprint density at radius 1 is 1.35 bits per heavy atom. The third kappa shape index (κ3) is 3.61. The van der Waals surface area contributed by atoms with Gasteiger partial charge in [0.25, 0.3) is 0 Å². The van der Waals surface area contributed by atoms with Crippen LogP contribution < -0.4 is 10.1 Å². The molecule has 1 saturated heterocycles. The smallest absolute Gasteiger partial charge is 0.433 e. The summed E-state index contributed by atoms with van der Waals surface area (Å²) in [4.78, 5) is 3.41. The van der Waals surface area contributed by atoms with Crippen molar-refractivity contribution in [3.05, 3.63) is 23.4 Å². The highest BCUT2D eigenvalue weighted by Gasteiger charge is 2.33. The molecule has 0 radical (unpaired) electrons. The summed E-state index contributed by atoms with van der Waals surface area (Å²) >= 11 is 0. The van der Waals surface area contributed by atoms with Crippen molar-refractivity contribution in [2.24, 2.45) is 5.92 Å². The van der Waals surface area contributed by atoms with Gasteiger partial charge in [0.2, 0.25) is 5.88 Å². The molecular weight excluding hydrogens is 271 g/mol. The van der Waals surface area contributed by atoms with E-state index >= 15 is 0 Å². The van der Waals surface area contributed by atoms with E-state index in [9.17, 15) is 13.2 Å². The minimum atomic E-state index is -4.54. The molecule has 1 aromatic rings. The van der Waals surface area contributed by atoms with Crippen LogP contribution >= 0.6 is 0 Å². The molecule has 108 valence electrons. The first-order valence-electron chi connectivity index (χ1n) is 6.32. The second kappa shape index (κ2) is 6.09. The largest absolute Gasteiger partial charge is 0.476 e. The highest BCUT2D eigenvalue weighted by atomic mass is 19.4. The van der Waals surface area contributed by atoms with Crippen LogP contribution in [0.2, 0.25) is 0 Å². The molecule has 1 aliphatic heterocycles.